The van der Waals surface area contributed by atoms with Crippen molar-refractivity contribution in [3.05, 3.63) is 59.7 Å². The van der Waals surface area contributed by atoms with Crippen LogP contribution in [-0.4, -0.2) is 60.3 Å². The van der Waals surface area contributed by atoms with Crippen LogP contribution in [0.2, 0.25) is 12.1 Å². The number of benzene rings is 2. The summed E-state index contributed by atoms with van der Waals surface area (Å²) in [6.45, 7) is 0. The summed E-state index contributed by atoms with van der Waals surface area (Å²) in [5.74, 6) is 0. The van der Waals surface area contributed by atoms with Gasteiger partial charge in [-0.3, -0.25) is 0 Å². The van der Waals surface area contributed by atoms with Crippen molar-refractivity contribution >= 4 is 39.2 Å². The fourth-order valence-corrected chi connectivity index (χ4v) is 9.74. The highest BCUT2D eigenvalue weighted by Crippen LogP contribution is 2.41. The molecule has 0 saturated heterocycles. The van der Waals surface area contributed by atoms with Crippen molar-refractivity contribution in [2.24, 2.45) is 0 Å². The lowest BCUT2D eigenvalue weighted by Gasteiger charge is -2.24. The van der Waals surface area contributed by atoms with Gasteiger partial charge >= 0.3 is 17.6 Å². The predicted molar refractivity (Wildman–Crippen MR) is 144 cm³/mol. The monoisotopic (exact) mass is 542 g/mol. The fraction of sp³-hybridized carbons (Fsp3) is 0.500. The van der Waals surface area contributed by atoms with Crippen LogP contribution in [0.1, 0.15) is 24.0 Å². The van der Waals surface area contributed by atoms with Gasteiger partial charge in [-0.25, -0.2) is 0 Å². The smallest absolute Gasteiger partial charge is 0.377 e. The third-order valence-corrected chi connectivity index (χ3v) is 14.1. The highest BCUT2D eigenvalue weighted by atomic mass is 33.1. The Labute approximate surface area is 215 Å². The molecule has 2 rings (SSSR count). The molecule has 0 heterocycles. The van der Waals surface area contributed by atoms with Gasteiger partial charge in [-0.15, -0.1) is 0 Å². The lowest BCUT2D eigenvalue weighted by molar-refractivity contribution is 0.122. The Morgan fingerprint density at radius 3 is 1.18 bits per heavy atom. The zero-order valence-electron chi connectivity index (χ0n) is 21.1. The van der Waals surface area contributed by atoms with Gasteiger partial charge in [0.15, 0.2) is 0 Å². The van der Waals surface area contributed by atoms with E-state index in [2.05, 4.69) is 48.5 Å². The van der Waals surface area contributed by atoms with E-state index in [9.17, 15) is 0 Å². The molecule has 0 unspecified atom stereocenters. The van der Waals surface area contributed by atoms with Gasteiger partial charge in [0.05, 0.1) is 0 Å². The first-order chi connectivity index (χ1) is 16.5. The minimum absolute atomic E-state index is 0.792. The Morgan fingerprint density at radius 2 is 0.853 bits per heavy atom. The summed E-state index contributed by atoms with van der Waals surface area (Å²) >= 11 is 0. The molecule has 0 spiro atoms. The Balaban J connectivity index is 1.99. The molecule has 0 aliphatic heterocycles. The molecule has 0 fully saturated rings. The van der Waals surface area contributed by atoms with Crippen LogP contribution in [0.3, 0.4) is 0 Å². The normalized spacial score (nSPS) is 12.3. The summed E-state index contributed by atoms with van der Waals surface area (Å²) in [4.78, 5) is 2.57. The van der Waals surface area contributed by atoms with Crippen LogP contribution < -0.4 is 0 Å². The first kappa shape index (κ1) is 29.6. The molecule has 0 aliphatic carbocycles. The van der Waals surface area contributed by atoms with Gasteiger partial charge in [0, 0.05) is 64.5 Å². The third-order valence-electron chi connectivity index (χ3n) is 5.89. The largest absolute Gasteiger partial charge is 0.500 e. The maximum atomic E-state index is 5.56. The van der Waals surface area contributed by atoms with Crippen LogP contribution in [0, 0.1) is 0 Å². The molecule has 190 valence electrons. The van der Waals surface area contributed by atoms with E-state index in [0.29, 0.717) is 0 Å². The maximum absolute atomic E-state index is 5.56. The van der Waals surface area contributed by atoms with Crippen molar-refractivity contribution in [1.82, 2.24) is 0 Å². The van der Waals surface area contributed by atoms with Crippen LogP contribution in [-0.2, 0) is 39.4 Å². The summed E-state index contributed by atoms with van der Waals surface area (Å²) in [7, 11) is 8.54. The van der Waals surface area contributed by atoms with Gasteiger partial charge in [0.25, 0.3) is 0 Å². The Bertz CT molecular complexity index is 764. The van der Waals surface area contributed by atoms with Crippen LogP contribution >= 0.6 is 21.6 Å². The van der Waals surface area contributed by atoms with Crippen molar-refractivity contribution in [2.45, 2.75) is 47.6 Å². The molecule has 0 aromatic heterocycles. The summed E-state index contributed by atoms with van der Waals surface area (Å²) in [6, 6.07) is 18.8. The maximum Gasteiger partial charge on any atom is 0.500 e. The van der Waals surface area contributed by atoms with E-state index in [0.717, 1.165) is 37.8 Å². The SMILES string of the molecule is CO[Si](CCCc1ccccc1SSc1ccccc1CCC[Si](OC)(OC)OC)(OC)OC. The van der Waals surface area contributed by atoms with Crippen molar-refractivity contribution in [2.75, 3.05) is 42.7 Å². The van der Waals surface area contributed by atoms with Crippen LogP contribution in [0.4, 0.5) is 0 Å². The summed E-state index contributed by atoms with van der Waals surface area (Å²) in [5, 5.41) is 0. The lowest BCUT2D eigenvalue weighted by Crippen LogP contribution is -2.42. The predicted octanol–water partition coefficient (Wildman–Crippen LogP) is 6.11. The molecular formula is C24H38O6S2Si2. The standard InChI is InChI=1S/C24H38O6S2Si2/c1-25-33(26-2,27-3)19-11-15-21-13-7-9-17-23(21)31-32-24-18-10-8-14-22(24)16-12-20-34(28-4,29-5)30-6/h7-10,13-14,17-18H,11-12,15-16,19-20H2,1-6H3. The Hall–Kier alpha value is -0.666. The second-order valence-electron chi connectivity index (χ2n) is 7.68. The average molecular weight is 543 g/mol. The Kier molecular flexibility index (Phi) is 13.4. The average Bonchev–Trinajstić information content (AvgIpc) is 2.90. The van der Waals surface area contributed by atoms with Gasteiger partial charge < -0.3 is 26.6 Å². The van der Waals surface area contributed by atoms with Gasteiger partial charge in [0.2, 0.25) is 0 Å². The zero-order valence-corrected chi connectivity index (χ0v) is 24.8. The van der Waals surface area contributed by atoms with Crippen molar-refractivity contribution < 1.29 is 26.6 Å². The molecular weight excluding hydrogens is 505 g/mol. The highest BCUT2D eigenvalue weighted by molar-refractivity contribution is 8.76. The van der Waals surface area contributed by atoms with Gasteiger partial charge in [-0.1, -0.05) is 58.0 Å². The van der Waals surface area contributed by atoms with E-state index >= 15 is 0 Å². The summed E-state index contributed by atoms with van der Waals surface area (Å²) in [6.07, 6.45) is 3.80. The number of hydrogen-bond acceptors (Lipinski definition) is 8. The van der Waals surface area contributed by atoms with Gasteiger partial charge in [-0.2, -0.15) is 0 Å². The number of rotatable bonds is 17. The van der Waals surface area contributed by atoms with Crippen molar-refractivity contribution in [3.63, 3.8) is 0 Å². The molecule has 0 N–H and O–H groups in total. The molecule has 10 heteroatoms. The molecule has 34 heavy (non-hydrogen) atoms. The van der Waals surface area contributed by atoms with Crippen LogP contribution in [0.15, 0.2) is 58.3 Å². The molecule has 0 bridgehead atoms. The molecule has 2 aromatic rings. The second-order valence-corrected chi connectivity index (χ2v) is 16.1. The molecule has 0 radical (unpaired) electrons. The molecule has 6 nitrogen and oxygen atoms in total. The van der Waals surface area contributed by atoms with E-state index in [-0.39, 0.29) is 0 Å². The topological polar surface area (TPSA) is 55.4 Å². The molecule has 2 aromatic carbocycles. The Morgan fingerprint density at radius 1 is 0.529 bits per heavy atom. The van der Waals surface area contributed by atoms with E-state index in [4.69, 9.17) is 26.6 Å². The van der Waals surface area contributed by atoms with Gasteiger partial charge in [-0.05, 0) is 48.9 Å². The highest BCUT2D eigenvalue weighted by Gasteiger charge is 2.37. The lowest BCUT2D eigenvalue weighted by atomic mass is 10.1. The third kappa shape index (κ3) is 8.47. The summed E-state index contributed by atoms with van der Waals surface area (Å²) < 4.78 is 33.4. The molecule has 0 atom stereocenters. The second kappa shape index (κ2) is 15.4. The van der Waals surface area contributed by atoms with E-state index < -0.39 is 17.6 Å². The van der Waals surface area contributed by atoms with Crippen LogP contribution in [0.25, 0.3) is 0 Å². The number of aryl methyl sites for hydroxylation is 2. The minimum atomic E-state index is -2.54. The molecule has 0 aliphatic rings. The minimum Gasteiger partial charge on any atom is -0.377 e. The van der Waals surface area contributed by atoms with Crippen molar-refractivity contribution in [3.8, 4) is 0 Å². The van der Waals surface area contributed by atoms with Crippen LogP contribution in [0.5, 0.6) is 0 Å². The van der Waals surface area contributed by atoms with E-state index in [1.165, 1.54) is 20.9 Å². The molecule has 0 amide bonds. The fourth-order valence-electron chi connectivity index (χ4n) is 3.78. The molecule has 0 saturated carbocycles. The summed E-state index contributed by atoms with van der Waals surface area (Å²) in [5.41, 5.74) is 2.67. The van der Waals surface area contributed by atoms with Crippen molar-refractivity contribution in [1.29, 1.82) is 0 Å². The first-order valence-electron chi connectivity index (χ1n) is 11.3. The quantitative estimate of drug-likeness (QED) is 0.175. The van der Waals surface area contributed by atoms with E-state index in [1.807, 2.05) is 21.6 Å². The first-order valence-corrected chi connectivity index (χ1v) is 17.3. The zero-order chi connectivity index (χ0) is 24.9. The number of hydrogen-bond donors (Lipinski definition) is 0. The van der Waals surface area contributed by atoms with E-state index in [1.54, 1.807) is 42.7 Å². The van der Waals surface area contributed by atoms with Gasteiger partial charge in [0.1, 0.15) is 0 Å².